The Bertz CT molecular complexity index is 184. The van der Waals surface area contributed by atoms with Crippen molar-refractivity contribution in [2.45, 2.75) is 52.0 Å². The topological polar surface area (TPSA) is 3.24 Å². The Hall–Kier alpha value is -0.300. The molecule has 88 valence electrons. The van der Waals surface area contributed by atoms with Gasteiger partial charge in [0, 0.05) is 6.04 Å². The van der Waals surface area contributed by atoms with Gasteiger partial charge in [-0.15, -0.1) is 6.58 Å². The highest BCUT2D eigenvalue weighted by molar-refractivity contribution is 4.81. The minimum atomic E-state index is 0.709. The maximum atomic E-state index is 3.89. The Balaban J connectivity index is 2.14. The Kier molecular flexibility index (Phi) is 5.38. The normalized spacial score (nSPS) is 20.3. The van der Waals surface area contributed by atoms with Gasteiger partial charge in [-0.05, 0) is 51.6 Å². The second-order valence-corrected chi connectivity index (χ2v) is 5.20. The molecule has 0 aromatic carbocycles. The number of hydrogen-bond donors (Lipinski definition) is 0. The van der Waals surface area contributed by atoms with Crippen molar-refractivity contribution in [2.24, 2.45) is 11.8 Å². The first-order valence-corrected chi connectivity index (χ1v) is 6.50. The monoisotopic (exact) mass is 209 g/mol. The van der Waals surface area contributed by atoms with Gasteiger partial charge in [0.2, 0.25) is 0 Å². The van der Waals surface area contributed by atoms with Crippen LogP contribution < -0.4 is 0 Å². The van der Waals surface area contributed by atoms with E-state index in [-0.39, 0.29) is 0 Å². The van der Waals surface area contributed by atoms with Crippen molar-refractivity contribution in [3.05, 3.63) is 12.7 Å². The Morgan fingerprint density at radius 1 is 1.47 bits per heavy atom. The van der Waals surface area contributed by atoms with E-state index in [0.717, 1.165) is 12.0 Å². The zero-order valence-electron chi connectivity index (χ0n) is 10.7. The molecule has 1 saturated carbocycles. The first kappa shape index (κ1) is 12.8. The van der Waals surface area contributed by atoms with E-state index in [1.807, 2.05) is 0 Å². The van der Waals surface area contributed by atoms with Crippen molar-refractivity contribution < 1.29 is 0 Å². The number of rotatable bonds is 8. The summed E-state index contributed by atoms with van der Waals surface area (Å²) < 4.78 is 0. The Morgan fingerprint density at radius 3 is 2.60 bits per heavy atom. The molecule has 0 aromatic heterocycles. The lowest BCUT2D eigenvalue weighted by atomic mass is 10.0. The molecule has 1 heteroatoms. The molecule has 0 bridgehead atoms. The van der Waals surface area contributed by atoms with Crippen molar-refractivity contribution in [1.29, 1.82) is 0 Å². The predicted octanol–water partition coefficient (Wildman–Crippen LogP) is 3.71. The molecule has 0 radical (unpaired) electrons. The van der Waals surface area contributed by atoms with Gasteiger partial charge in [-0.25, -0.2) is 0 Å². The lowest BCUT2D eigenvalue weighted by Gasteiger charge is -2.26. The molecule has 1 fully saturated rings. The van der Waals surface area contributed by atoms with Crippen molar-refractivity contribution in [3.8, 4) is 0 Å². The van der Waals surface area contributed by atoms with E-state index in [1.165, 1.54) is 38.6 Å². The first-order valence-electron chi connectivity index (χ1n) is 6.50. The maximum absolute atomic E-state index is 3.89. The van der Waals surface area contributed by atoms with E-state index >= 15 is 0 Å². The molecule has 0 saturated heterocycles. The van der Waals surface area contributed by atoms with Gasteiger partial charge in [-0.1, -0.05) is 25.8 Å². The summed E-state index contributed by atoms with van der Waals surface area (Å²) >= 11 is 0. The van der Waals surface area contributed by atoms with Crippen molar-refractivity contribution in [1.82, 2.24) is 4.90 Å². The molecule has 1 nitrogen and oxygen atoms in total. The molecule has 15 heavy (non-hydrogen) atoms. The highest BCUT2D eigenvalue weighted by Gasteiger charge is 2.25. The second kappa shape index (κ2) is 6.32. The quantitative estimate of drug-likeness (QED) is 0.551. The third-order valence-corrected chi connectivity index (χ3v) is 3.83. The average molecular weight is 209 g/mol. The molecule has 0 spiro atoms. The van der Waals surface area contributed by atoms with Crippen LogP contribution in [0.4, 0.5) is 0 Å². The van der Waals surface area contributed by atoms with E-state index < -0.39 is 0 Å². The van der Waals surface area contributed by atoms with Crippen molar-refractivity contribution in [2.75, 3.05) is 13.6 Å². The lowest BCUT2D eigenvalue weighted by Crippen LogP contribution is -2.31. The summed E-state index contributed by atoms with van der Waals surface area (Å²) in [6, 6.07) is 0.764. The van der Waals surface area contributed by atoms with Crippen LogP contribution in [0.2, 0.25) is 0 Å². The van der Waals surface area contributed by atoms with E-state index in [1.54, 1.807) is 0 Å². The van der Waals surface area contributed by atoms with E-state index in [4.69, 9.17) is 0 Å². The Morgan fingerprint density at radius 2 is 2.13 bits per heavy atom. The molecule has 0 heterocycles. The Labute approximate surface area is 95.5 Å². The molecule has 0 aliphatic heterocycles. The minimum Gasteiger partial charge on any atom is -0.304 e. The predicted molar refractivity (Wildman–Crippen MR) is 68.0 cm³/mol. The van der Waals surface area contributed by atoms with Gasteiger partial charge in [-0.3, -0.25) is 0 Å². The summed E-state index contributed by atoms with van der Waals surface area (Å²) in [5.74, 6) is 1.75. The van der Waals surface area contributed by atoms with Gasteiger partial charge < -0.3 is 4.90 Å². The van der Waals surface area contributed by atoms with Crippen molar-refractivity contribution in [3.63, 3.8) is 0 Å². The molecular weight excluding hydrogens is 182 g/mol. The summed E-state index contributed by atoms with van der Waals surface area (Å²) in [4.78, 5) is 2.52. The zero-order chi connectivity index (χ0) is 11.3. The highest BCUT2D eigenvalue weighted by Crippen LogP contribution is 2.34. The van der Waals surface area contributed by atoms with Crippen LogP contribution in [0.15, 0.2) is 12.7 Å². The second-order valence-electron chi connectivity index (χ2n) is 5.20. The van der Waals surface area contributed by atoms with Crippen LogP contribution in [0.25, 0.3) is 0 Å². The summed E-state index contributed by atoms with van der Waals surface area (Å²) in [7, 11) is 2.27. The SMILES string of the molecule is C=CC(CC)CCN(C)C(C)CC1CC1. The number of nitrogens with zero attached hydrogens (tertiary/aromatic N) is 1. The van der Waals surface area contributed by atoms with Gasteiger partial charge in [0.1, 0.15) is 0 Å². The molecule has 0 N–H and O–H groups in total. The van der Waals surface area contributed by atoms with Crippen LogP contribution in [0.1, 0.15) is 46.0 Å². The third kappa shape index (κ3) is 4.83. The minimum absolute atomic E-state index is 0.709. The van der Waals surface area contributed by atoms with Gasteiger partial charge >= 0.3 is 0 Å². The van der Waals surface area contributed by atoms with Crippen LogP contribution in [-0.4, -0.2) is 24.5 Å². The maximum Gasteiger partial charge on any atom is 0.00665 e. The van der Waals surface area contributed by atoms with Crippen LogP contribution in [-0.2, 0) is 0 Å². The summed E-state index contributed by atoms with van der Waals surface area (Å²) in [5, 5.41) is 0. The van der Waals surface area contributed by atoms with E-state index in [0.29, 0.717) is 5.92 Å². The highest BCUT2D eigenvalue weighted by atomic mass is 15.1. The summed E-state index contributed by atoms with van der Waals surface area (Å²) in [6.45, 7) is 9.73. The van der Waals surface area contributed by atoms with Gasteiger partial charge in [-0.2, -0.15) is 0 Å². The molecule has 1 aliphatic carbocycles. The largest absolute Gasteiger partial charge is 0.304 e. The van der Waals surface area contributed by atoms with Crippen LogP contribution in [0, 0.1) is 11.8 Å². The molecular formula is C14H27N. The van der Waals surface area contributed by atoms with Gasteiger partial charge in [0.25, 0.3) is 0 Å². The van der Waals surface area contributed by atoms with Crippen LogP contribution in [0.3, 0.4) is 0 Å². The van der Waals surface area contributed by atoms with Gasteiger partial charge in [0.15, 0.2) is 0 Å². The van der Waals surface area contributed by atoms with E-state index in [2.05, 4.69) is 38.5 Å². The molecule has 2 unspecified atom stereocenters. The van der Waals surface area contributed by atoms with E-state index in [9.17, 15) is 0 Å². The molecule has 1 aliphatic rings. The third-order valence-electron chi connectivity index (χ3n) is 3.83. The zero-order valence-corrected chi connectivity index (χ0v) is 10.7. The average Bonchev–Trinajstić information content (AvgIpc) is 3.02. The summed E-state index contributed by atoms with van der Waals surface area (Å²) in [5.41, 5.74) is 0. The molecule has 2 atom stereocenters. The number of hydrogen-bond acceptors (Lipinski definition) is 1. The first-order chi connectivity index (χ1) is 7.17. The van der Waals surface area contributed by atoms with Crippen LogP contribution in [0.5, 0.6) is 0 Å². The van der Waals surface area contributed by atoms with Gasteiger partial charge in [0.05, 0.1) is 0 Å². The molecule has 1 rings (SSSR count). The molecule has 0 amide bonds. The smallest absolute Gasteiger partial charge is 0.00665 e. The lowest BCUT2D eigenvalue weighted by molar-refractivity contribution is 0.227. The summed E-state index contributed by atoms with van der Waals surface area (Å²) in [6.07, 6.45) is 8.96. The van der Waals surface area contributed by atoms with Crippen molar-refractivity contribution >= 4 is 0 Å². The van der Waals surface area contributed by atoms with Crippen LogP contribution >= 0.6 is 0 Å². The fraction of sp³-hybridized carbons (Fsp3) is 0.857. The fourth-order valence-electron chi connectivity index (χ4n) is 2.09. The fourth-order valence-corrected chi connectivity index (χ4v) is 2.09. The number of allylic oxidation sites excluding steroid dienone is 1. The molecule has 0 aromatic rings. The standard InChI is InChI=1S/C14H27N/c1-5-13(6-2)9-10-15(4)12(3)11-14-7-8-14/h5,12-14H,1,6-11H2,2-4H3.